The normalized spacial score (nSPS) is 17.0. The van der Waals surface area contributed by atoms with Crippen LogP contribution in [0.3, 0.4) is 0 Å². The summed E-state index contributed by atoms with van der Waals surface area (Å²) in [5.74, 6) is 0.0673. The van der Waals surface area contributed by atoms with Crippen LogP contribution in [0.25, 0.3) is 0 Å². The fraction of sp³-hybridized carbons (Fsp3) is 0.611. The number of anilines is 2. The Morgan fingerprint density at radius 1 is 1.13 bits per heavy atom. The number of rotatable bonds is 6. The van der Waals surface area contributed by atoms with E-state index >= 15 is 0 Å². The van der Waals surface area contributed by atoms with Gasteiger partial charge in [-0.15, -0.1) is 0 Å². The second-order valence-corrected chi connectivity index (χ2v) is 6.04. The Morgan fingerprint density at radius 3 is 2.43 bits per heavy atom. The first-order chi connectivity index (χ1) is 11.2. The van der Waals surface area contributed by atoms with Crippen molar-refractivity contribution in [1.82, 2.24) is 0 Å². The number of carbonyl (C=O) groups excluding carboxylic acids is 1. The maximum absolute atomic E-state index is 12.4. The highest BCUT2D eigenvalue weighted by Gasteiger charge is 2.28. The first kappa shape index (κ1) is 16.3. The molecule has 1 amide bonds. The van der Waals surface area contributed by atoms with Crippen molar-refractivity contribution in [3.8, 4) is 0 Å². The molecule has 23 heavy (non-hydrogen) atoms. The Balaban J connectivity index is 1.87. The minimum atomic E-state index is -0.379. The molecule has 1 heterocycles. The van der Waals surface area contributed by atoms with Crippen LogP contribution in [0.4, 0.5) is 11.4 Å². The quantitative estimate of drug-likeness (QED) is 0.820. The van der Waals surface area contributed by atoms with E-state index in [0.717, 1.165) is 24.2 Å². The van der Waals surface area contributed by atoms with Gasteiger partial charge in [0, 0.05) is 13.2 Å². The zero-order chi connectivity index (χ0) is 16.2. The Morgan fingerprint density at radius 2 is 1.78 bits per heavy atom. The molecule has 1 N–H and O–H groups in total. The van der Waals surface area contributed by atoms with E-state index in [0.29, 0.717) is 26.3 Å². The number of carbonyl (C=O) groups is 1. The lowest BCUT2D eigenvalue weighted by Gasteiger charge is -2.34. The maximum Gasteiger partial charge on any atom is 0.246 e. The zero-order valence-corrected chi connectivity index (χ0v) is 14.1. The molecule has 1 aliphatic heterocycles. The predicted molar refractivity (Wildman–Crippen MR) is 91.0 cm³/mol. The molecule has 1 aromatic rings. The minimum Gasteiger partial charge on any atom is -0.374 e. The summed E-state index contributed by atoms with van der Waals surface area (Å²) in [7, 11) is 0. The van der Waals surface area contributed by atoms with E-state index in [9.17, 15) is 4.79 Å². The number of fused-ring (bicyclic) bond motifs is 2. The highest BCUT2D eigenvalue weighted by atomic mass is 16.7. The molecule has 0 saturated heterocycles. The fourth-order valence-corrected chi connectivity index (χ4v) is 3.41. The number of benzene rings is 1. The van der Waals surface area contributed by atoms with E-state index in [4.69, 9.17) is 9.47 Å². The number of aryl methyl sites for hydroxylation is 2. The lowest BCUT2D eigenvalue weighted by atomic mass is 9.90. The standard InChI is InChI=1S/C18H26N2O3/c1-3-22-18(23-4-2)12-20-16-10-14-8-6-5-7-13(14)9-15(16)19-11-17(20)21/h9-10,18-19H,3-8,11-12H2,1-2H3. The molecule has 0 radical (unpaired) electrons. The molecular formula is C18H26N2O3. The number of amides is 1. The third-order valence-corrected chi connectivity index (χ3v) is 4.52. The molecule has 0 spiro atoms. The molecule has 126 valence electrons. The Bertz CT molecular complexity index is 568. The Hall–Kier alpha value is -1.59. The SMILES string of the molecule is CCOC(CN1C(=O)CNc2cc3c(cc21)CCCC3)OCC. The third kappa shape index (κ3) is 3.51. The number of nitrogens with one attached hydrogen (secondary N) is 1. The van der Waals surface area contributed by atoms with Crippen LogP contribution < -0.4 is 10.2 Å². The van der Waals surface area contributed by atoms with Gasteiger partial charge in [-0.25, -0.2) is 0 Å². The lowest BCUT2D eigenvalue weighted by Crippen LogP contribution is -2.45. The maximum atomic E-state index is 12.4. The molecule has 0 saturated carbocycles. The van der Waals surface area contributed by atoms with Gasteiger partial charge in [0.05, 0.1) is 24.5 Å². The van der Waals surface area contributed by atoms with Crippen LogP contribution in [0.15, 0.2) is 12.1 Å². The Kier molecular flexibility index (Phi) is 5.18. The van der Waals surface area contributed by atoms with Crippen molar-refractivity contribution < 1.29 is 14.3 Å². The summed E-state index contributed by atoms with van der Waals surface area (Å²) in [5.41, 5.74) is 4.81. The van der Waals surface area contributed by atoms with E-state index in [2.05, 4.69) is 17.4 Å². The highest BCUT2D eigenvalue weighted by molar-refractivity contribution is 6.03. The van der Waals surface area contributed by atoms with Crippen LogP contribution in [-0.4, -0.2) is 38.5 Å². The molecule has 3 rings (SSSR count). The van der Waals surface area contributed by atoms with Gasteiger partial charge in [-0.05, 0) is 62.8 Å². The van der Waals surface area contributed by atoms with Gasteiger partial charge in [-0.1, -0.05) is 0 Å². The predicted octanol–water partition coefficient (Wildman–Crippen LogP) is 2.72. The summed E-state index contributed by atoms with van der Waals surface area (Å²) >= 11 is 0. The van der Waals surface area contributed by atoms with Gasteiger partial charge in [-0.3, -0.25) is 4.79 Å². The molecule has 0 fully saturated rings. The molecule has 5 heteroatoms. The fourth-order valence-electron chi connectivity index (χ4n) is 3.41. The topological polar surface area (TPSA) is 50.8 Å². The van der Waals surface area contributed by atoms with Gasteiger partial charge in [0.2, 0.25) is 5.91 Å². The molecule has 0 aromatic heterocycles. The summed E-state index contributed by atoms with van der Waals surface area (Å²) in [5, 5.41) is 3.26. The van der Waals surface area contributed by atoms with Gasteiger partial charge in [0.25, 0.3) is 0 Å². The van der Waals surface area contributed by atoms with Crippen LogP contribution in [0, 0.1) is 0 Å². The first-order valence-corrected chi connectivity index (χ1v) is 8.66. The van der Waals surface area contributed by atoms with E-state index in [1.165, 1.54) is 24.0 Å². The van der Waals surface area contributed by atoms with Crippen molar-refractivity contribution in [2.45, 2.75) is 45.8 Å². The van der Waals surface area contributed by atoms with Crippen LogP contribution in [-0.2, 0) is 27.1 Å². The van der Waals surface area contributed by atoms with Crippen LogP contribution in [0.1, 0.15) is 37.8 Å². The molecule has 5 nitrogen and oxygen atoms in total. The molecular weight excluding hydrogens is 292 g/mol. The highest BCUT2D eigenvalue weighted by Crippen LogP contribution is 2.35. The Labute approximate surface area is 137 Å². The van der Waals surface area contributed by atoms with Gasteiger partial charge < -0.3 is 19.7 Å². The summed E-state index contributed by atoms with van der Waals surface area (Å²) in [4.78, 5) is 14.2. The van der Waals surface area contributed by atoms with Gasteiger partial charge in [-0.2, -0.15) is 0 Å². The molecule has 0 unspecified atom stereocenters. The number of ether oxygens (including phenoxy) is 2. The third-order valence-electron chi connectivity index (χ3n) is 4.52. The van der Waals surface area contributed by atoms with Gasteiger partial charge >= 0.3 is 0 Å². The van der Waals surface area contributed by atoms with E-state index in [1.54, 1.807) is 0 Å². The second kappa shape index (κ2) is 7.32. The molecule has 1 aliphatic carbocycles. The molecule has 2 aliphatic rings. The van der Waals surface area contributed by atoms with Crippen molar-refractivity contribution in [2.24, 2.45) is 0 Å². The largest absolute Gasteiger partial charge is 0.374 e. The molecule has 0 bridgehead atoms. The van der Waals surface area contributed by atoms with Gasteiger partial charge in [0.1, 0.15) is 0 Å². The van der Waals surface area contributed by atoms with Crippen molar-refractivity contribution in [1.29, 1.82) is 0 Å². The van der Waals surface area contributed by atoms with E-state index < -0.39 is 0 Å². The minimum absolute atomic E-state index is 0.0673. The average Bonchev–Trinajstić information content (AvgIpc) is 2.56. The second-order valence-electron chi connectivity index (χ2n) is 6.04. The molecule has 1 aromatic carbocycles. The average molecular weight is 318 g/mol. The number of hydrogen-bond donors (Lipinski definition) is 1. The van der Waals surface area contributed by atoms with Crippen molar-refractivity contribution in [2.75, 3.05) is 36.5 Å². The number of hydrogen-bond acceptors (Lipinski definition) is 4. The van der Waals surface area contributed by atoms with E-state index in [-0.39, 0.29) is 12.2 Å². The smallest absolute Gasteiger partial charge is 0.246 e. The van der Waals surface area contributed by atoms with Crippen LogP contribution >= 0.6 is 0 Å². The lowest BCUT2D eigenvalue weighted by molar-refractivity contribution is -0.135. The number of nitrogens with zero attached hydrogens (tertiary/aromatic N) is 1. The first-order valence-electron chi connectivity index (χ1n) is 8.66. The van der Waals surface area contributed by atoms with Crippen molar-refractivity contribution in [3.63, 3.8) is 0 Å². The summed E-state index contributed by atoms with van der Waals surface area (Å²) in [6, 6.07) is 4.41. The zero-order valence-electron chi connectivity index (χ0n) is 14.1. The van der Waals surface area contributed by atoms with Crippen molar-refractivity contribution in [3.05, 3.63) is 23.3 Å². The summed E-state index contributed by atoms with van der Waals surface area (Å²) in [6.45, 7) is 5.79. The van der Waals surface area contributed by atoms with Crippen molar-refractivity contribution >= 4 is 17.3 Å². The van der Waals surface area contributed by atoms with Crippen LogP contribution in [0.2, 0.25) is 0 Å². The van der Waals surface area contributed by atoms with E-state index in [1.807, 2.05) is 18.7 Å². The van der Waals surface area contributed by atoms with Crippen LogP contribution in [0.5, 0.6) is 0 Å². The summed E-state index contributed by atoms with van der Waals surface area (Å²) in [6.07, 6.45) is 4.35. The van der Waals surface area contributed by atoms with Gasteiger partial charge in [0.15, 0.2) is 6.29 Å². The molecule has 0 atom stereocenters. The monoisotopic (exact) mass is 318 g/mol. The summed E-state index contributed by atoms with van der Waals surface area (Å²) < 4.78 is 11.2.